The van der Waals surface area contributed by atoms with Gasteiger partial charge in [-0.15, -0.1) is 0 Å². The number of piperazine rings is 1. The Morgan fingerprint density at radius 2 is 1.62 bits per heavy atom. The number of nitrogens with zero attached hydrogens (tertiary/aromatic N) is 3. The minimum Gasteiger partial charge on any atom is -0.464 e. The molecular weight excluding hydrogens is 330 g/mol. The van der Waals surface area contributed by atoms with Crippen LogP contribution < -0.4 is 4.90 Å². The van der Waals surface area contributed by atoms with Crippen LogP contribution in [0.25, 0.3) is 0 Å². The number of ether oxygens (including phenoxy) is 1. The smallest absolute Gasteiger partial charge is 0.356 e. The first-order chi connectivity index (χ1) is 12.5. The van der Waals surface area contributed by atoms with Gasteiger partial charge in [-0.2, -0.15) is 0 Å². The van der Waals surface area contributed by atoms with E-state index in [-0.39, 0.29) is 17.3 Å². The third kappa shape index (κ3) is 3.54. The highest BCUT2D eigenvalue weighted by atomic mass is 16.5. The van der Waals surface area contributed by atoms with Crippen LogP contribution in [0, 0.1) is 13.8 Å². The summed E-state index contributed by atoms with van der Waals surface area (Å²) in [7, 11) is 1.30. The van der Waals surface area contributed by atoms with Gasteiger partial charge in [-0.05, 0) is 43.2 Å². The number of amides is 1. The van der Waals surface area contributed by atoms with Crippen LogP contribution in [0.15, 0.2) is 36.4 Å². The second-order valence-corrected chi connectivity index (χ2v) is 6.40. The molecule has 2 aromatic rings. The lowest BCUT2D eigenvalue weighted by Crippen LogP contribution is -2.49. The Kier molecular flexibility index (Phi) is 5.21. The van der Waals surface area contributed by atoms with Gasteiger partial charge >= 0.3 is 5.97 Å². The van der Waals surface area contributed by atoms with Gasteiger partial charge in [0.2, 0.25) is 0 Å². The van der Waals surface area contributed by atoms with Crippen LogP contribution in [0.4, 0.5) is 5.69 Å². The summed E-state index contributed by atoms with van der Waals surface area (Å²) in [5.41, 5.74) is 4.19. The summed E-state index contributed by atoms with van der Waals surface area (Å²) < 4.78 is 4.67. The van der Waals surface area contributed by atoms with Crippen molar-refractivity contribution in [2.75, 3.05) is 38.2 Å². The van der Waals surface area contributed by atoms with Gasteiger partial charge in [-0.25, -0.2) is 9.78 Å². The van der Waals surface area contributed by atoms with E-state index in [1.165, 1.54) is 23.9 Å². The molecule has 1 aliphatic heterocycles. The molecule has 1 amide bonds. The van der Waals surface area contributed by atoms with Crippen molar-refractivity contribution in [3.8, 4) is 0 Å². The Balaban J connectivity index is 1.69. The summed E-state index contributed by atoms with van der Waals surface area (Å²) >= 11 is 0. The number of benzene rings is 1. The average Bonchev–Trinajstić information content (AvgIpc) is 2.69. The van der Waals surface area contributed by atoms with Crippen molar-refractivity contribution in [1.29, 1.82) is 0 Å². The zero-order valence-corrected chi connectivity index (χ0v) is 15.4. The number of hydrogen-bond donors (Lipinski definition) is 0. The highest BCUT2D eigenvalue weighted by Crippen LogP contribution is 2.24. The fraction of sp³-hybridized carbons (Fsp3) is 0.350. The normalized spacial score (nSPS) is 14.3. The van der Waals surface area contributed by atoms with Crippen molar-refractivity contribution in [1.82, 2.24) is 9.88 Å². The topological polar surface area (TPSA) is 62.7 Å². The van der Waals surface area contributed by atoms with Crippen molar-refractivity contribution < 1.29 is 14.3 Å². The number of methoxy groups -OCH3 is 1. The molecular formula is C20H23N3O3. The first-order valence-electron chi connectivity index (χ1n) is 8.67. The number of pyridine rings is 1. The van der Waals surface area contributed by atoms with Gasteiger partial charge in [-0.3, -0.25) is 4.79 Å². The molecule has 2 heterocycles. The van der Waals surface area contributed by atoms with Gasteiger partial charge in [0.05, 0.1) is 7.11 Å². The minimum absolute atomic E-state index is 0.146. The van der Waals surface area contributed by atoms with E-state index in [2.05, 4.69) is 46.7 Å². The molecule has 1 saturated heterocycles. The molecule has 1 aromatic heterocycles. The summed E-state index contributed by atoms with van der Waals surface area (Å²) in [6, 6.07) is 11.1. The van der Waals surface area contributed by atoms with Crippen LogP contribution in [-0.4, -0.2) is 55.0 Å². The molecule has 6 heteroatoms. The fourth-order valence-electron chi connectivity index (χ4n) is 3.16. The predicted molar refractivity (Wildman–Crippen MR) is 99.6 cm³/mol. The second kappa shape index (κ2) is 7.56. The fourth-order valence-corrected chi connectivity index (χ4v) is 3.16. The Bertz CT molecular complexity index is 827. The zero-order valence-electron chi connectivity index (χ0n) is 15.4. The standard InChI is InChI=1S/C20H23N3O3/c1-14-6-4-9-18(15(14)2)22-10-12-23(13-11-22)19(24)16-7-5-8-17(21-16)20(25)26-3/h4-9H,10-13H2,1-3H3. The molecule has 1 aromatic carbocycles. The van der Waals surface area contributed by atoms with Crippen LogP contribution >= 0.6 is 0 Å². The molecule has 0 aliphatic carbocycles. The first kappa shape index (κ1) is 17.9. The third-order valence-corrected chi connectivity index (χ3v) is 4.85. The van der Waals surface area contributed by atoms with E-state index >= 15 is 0 Å². The van der Waals surface area contributed by atoms with Crippen molar-refractivity contribution in [2.24, 2.45) is 0 Å². The molecule has 26 heavy (non-hydrogen) atoms. The van der Waals surface area contributed by atoms with Crippen LogP contribution in [0.3, 0.4) is 0 Å². The molecule has 6 nitrogen and oxygen atoms in total. The Morgan fingerprint density at radius 1 is 0.962 bits per heavy atom. The number of carbonyl (C=O) groups is 2. The maximum Gasteiger partial charge on any atom is 0.356 e. The molecule has 0 spiro atoms. The Labute approximate surface area is 153 Å². The number of carbonyl (C=O) groups excluding carboxylic acids is 2. The highest BCUT2D eigenvalue weighted by Gasteiger charge is 2.24. The first-order valence-corrected chi connectivity index (χ1v) is 8.67. The largest absolute Gasteiger partial charge is 0.464 e. The van der Waals surface area contributed by atoms with E-state index in [9.17, 15) is 9.59 Å². The van der Waals surface area contributed by atoms with Gasteiger partial charge in [0.25, 0.3) is 5.91 Å². The molecule has 1 fully saturated rings. The maximum absolute atomic E-state index is 12.7. The molecule has 1 aliphatic rings. The van der Waals surface area contributed by atoms with Gasteiger partial charge in [0.1, 0.15) is 11.4 Å². The molecule has 0 atom stereocenters. The van der Waals surface area contributed by atoms with Crippen LogP contribution in [0.2, 0.25) is 0 Å². The molecule has 0 bridgehead atoms. The monoisotopic (exact) mass is 353 g/mol. The number of anilines is 1. The summed E-state index contributed by atoms with van der Waals surface area (Å²) in [6.07, 6.45) is 0. The highest BCUT2D eigenvalue weighted by molar-refractivity contribution is 5.94. The summed E-state index contributed by atoms with van der Waals surface area (Å²) in [5.74, 6) is -0.698. The number of rotatable bonds is 3. The van der Waals surface area contributed by atoms with E-state index in [0.29, 0.717) is 13.1 Å². The van der Waals surface area contributed by atoms with Gasteiger partial charge < -0.3 is 14.5 Å². The number of hydrogen-bond acceptors (Lipinski definition) is 5. The lowest BCUT2D eigenvalue weighted by molar-refractivity contribution is 0.0593. The number of esters is 1. The molecule has 136 valence electrons. The molecule has 0 saturated carbocycles. The van der Waals surface area contributed by atoms with Crippen molar-refractivity contribution >= 4 is 17.6 Å². The van der Waals surface area contributed by atoms with Gasteiger partial charge in [-0.1, -0.05) is 18.2 Å². The van der Waals surface area contributed by atoms with Crippen LogP contribution in [-0.2, 0) is 4.74 Å². The van der Waals surface area contributed by atoms with Crippen LogP contribution in [0.1, 0.15) is 32.1 Å². The van der Waals surface area contributed by atoms with E-state index < -0.39 is 5.97 Å². The Morgan fingerprint density at radius 3 is 2.31 bits per heavy atom. The molecule has 0 unspecified atom stereocenters. The summed E-state index contributed by atoms with van der Waals surface area (Å²) in [5, 5.41) is 0. The number of aryl methyl sites for hydroxylation is 1. The van der Waals surface area contributed by atoms with Crippen LogP contribution in [0.5, 0.6) is 0 Å². The molecule has 0 N–H and O–H groups in total. The zero-order chi connectivity index (χ0) is 18.7. The van der Waals surface area contributed by atoms with Crippen molar-refractivity contribution in [3.63, 3.8) is 0 Å². The van der Waals surface area contributed by atoms with Gasteiger partial charge in [0, 0.05) is 31.9 Å². The minimum atomic E-state index is -0.542. The lowest BCUT2D eigenvalue weighted by Gasteiger charge is -2.37. The van der Waals surface area contributed by atoms with E-state index in [0.717, 1.165) is 13.1 Å². The SMILES string of the molecule is COC(=O)c1cccc(C(=O)N2CCN(c3cccc(C)c3C)CC2)n1. The van der Waals surface area contributed by atoms with E-state index in [4.69, 9.17) is 0 Å². The van der Waals surface area contributed by atoms with Gasteiger partial charge in [0.15, 0.2) is 0 Å². The summed E-state index contributed by atoms with van der Waals surface area (Å²) in [4.78, 5) is 32.6. The molecule has 0 radical (unpaired) electrons. The summed E-state index contributed by atoms with van der Waals surface area (Å²) in [6.45, 7) is 7.02. The predicted octanol–water partition coefficient (Wildman–Crippen LogP) is 2.45. The quantitative estimate of drug-likeness (QED) is 0.793. The average molecular weight is 353 g/mol. The third-order valence-electron chi connectivity index (χ3n) is 4.85. The molecule has 3 rings (SSSR count). The van der Waals surface area contributed by atoms with E-state index in [1.54, 1.807) is 23.1 Å². The second-order valence-electron chi connectivity index (χ2n) is 6.40. The maximum atomic E-state index is 12.7. The Hall–Kier alpha value is -2.89. The van der Waals surface area contributed by atoms with Crippen molar-refractivity contribution in [3.05, 3.63) is 58.9 Å². The van der Waals surface area contributed by atoms with E-state index in [1.807, 2.05) is 0 Å². The number of aromatic nitrogens is 1. The lowest BCUT2D eigenvalue weighted by atomic mass is 10.1. The van der Waals surface area contributed by atoms with Crippen molar-refractivity contribution in [2.45, 2.75) is 13.8 Å².